The van der Waals surface area contributed by atoms with Gasteiger partial charge in [0.05, 0.1) is 0 Å². The zero-order valence-electron chi connectivity index (χ0n) is 16.0. The Bertz CT molecular complexity index is 452. The van der Waals surface area contributed by atoms with Crippen molar-refractivity contribution in [2.45, 2.75) is 84.5 Å². The first kappa shape index (κ1) is 18.0. The fourth-order valence-electron chi connectivity index (χ4n) is 5.04. The van der Waals surface area contributed by atoms with Crippen LogP contribution >= 0.6 is 0 Å². The molecule has 2 saturated carbocycles. The van der Waals surface area contributed by atoms with E-state index in [0.717, 1.165) is 23.7 Å². The molecule has 0 nitrogen and oxygen atoms in total. The van der Waals surface area contributed by atoms with Crippen molar-refractivity contribution < 1.29 is 0 Å². The third-order valence-corrected chi connectivity index (χ3v) is 7.00. The molecule has 24 heavy (non-hydrogen) atoms. The van der Waals surface area contributed by atoms with Crippen LogP contribution in [0.1, 0.15) is 83.6 Å². The smallest absolute Gasteiger partial charge is 0.0136 e. The van der Waals surface area contributed by atoms with Crippen molar-refractivity contribution >= 4 is 0 Å². The van der Waals surface area contributed by atoms with Crippen LogP contribution in [-0.4, -0.2) is 0 Å². The van der Waals surface area contributed by atoms with Crippen LogP contribution in [0.15, 0.2) is 30.3 Å². The molecule has 0 aromatic heterocycles. The summed E-state index contributed by atoms with van der Waals surface area (Å²) in [5.41, 5.74) is 1.53. The summed E-state index contributed by atoms with van der Waals surface area (Å²) in [7, 11) is 0. The molecule has 1 aromatic rings. The van der Waals surface area contributed by atoms with Crippen molar-refractivity contribution in [2.24, 2.45) is 23.7 Å². The molecular formula is C24H37. The van der Waals surface area contributed by atoms with Gasteiger partial charge in [0.25, 0.3) is 0 Å². The minimum Gasteiger partial charge on any atom is -0.0651 e. The van der Waals surface area contributed by atoms with Gasteiger partial charge in [0.15, 0.2) is 0 Å². The highest BCUT2D eigenvalue weighted by Gasteiger charge is 2.36. The van der Waals surface area contributed by atoms with Crippen LogP contribution < -0.4 is 0 Å². The van der Waals surface area contributed by atoms with Crippen molar-refractivity contribution in [1.29, 1.82) is 0 Å². The lowest BCUT2D eigenvalue weighted by Gasteiger charge is -2.42. The first-order valence-corrected chi connectivity index (χ1v) is 10.7. The number of benzene rings is 1. The Morgan fingerprint density at radius 3 is 2.25 bits per heavy atom. The van der Waals surface area contributed by atoms with E-state index in [-0.39, 0.29) is 0 Å². The second-order valence-electron chi connectivity index (χ2n) is 8.58. The molecule has 0 spiro atoms. The van der Waals surface area contributed by atoms with E-state index >= 15 is 0 Å². The molecule has 0 heteroatoms. The van der Waals surface area contributed by atoms with Gasteiger partial charge in [0.1, 0.15) is 0 Å². The highest BCUT2D eigenvalue weighted by atomic mass is 14.4. The Kier molecular flexibility index (Phi) is 6.81. The maximum atomic E-state index is 2.49. The van der Waals surface area contributed by atoms with E-state index in [4.69, 9.17) is 0 Å². The predicted octanol–water partition coefficient (Wildman–Crippen LogP) is 7.24. The number of rotatable bonds is 8. The molecule has 133 valence electrons. The molecule has 1 aromatic carbocycles. The van der Waals surface area contributed by atoms with Crippen molar-refractivity contribution in [3.8, 4) is 0 Å². The minimum absolute atomic E-state index is 0.775. The Labute approximate surface area is 150 Å². The van der Waals surface area contributed by atoms with E-state index in [0.29, 0.717) is 0 Å². The lowest BCUT2D eigenvalue weighted by molar-refractivity contribution is 0.163. The number of hydrogen-bond donors (Lipinski definition) is 0. The van der Waals surface area contributed by atoms with Gasteiger partial charge in [0, 0.05) is 0 Å². The normalized spacial score (nSPS) is 22.3. The molecule has 2 fully saturated rings. The van der Waals surface area contributed by atoms with Gasteiger partial charge < -0.3 is 0 Å². The second kappa shape index (κ2) is 9.07. The molecule has 3 rings (SSSR count). The third-order valence-electron chi connectivity index (χ3n) is 7.00. The largest absolute Gasteiger partial charge is 0.0651 e. The van der Waals surface area contributed by atoms with Gasteiger partial charge in [-0.1, -0.05) is 102 Å². The van der Waals surface area contributed by atoms with E-state index in [1.165, 1.54) is 76.2 Å². The molecule has 2 atom stereocenters. The summed E-state index contributed by atoms with van der Waals surface area (Å²) >= 11 is 0. The predicted molar refractivity (Wildman–Crippen MR) is 105 cm³/mol. The van der Waals surface area contributed by atoms with Crippen LogP contribution in [0, 0.1) is 29.6 Å². The number of hydrogen-bond acceptors (Lipinski definition) is 0. The lowest BCUT2D eigenvalue weighted by atomic mass is 9.63. The summed E-state index contributed by atoms with van der Waals surface area (Å²) < 4.78 is 0. The molecule has 2 aliphatic carbocycles. The van der Waals surface area contributed by atoms with Gasteiger partial charge in [-0.25, -0.2) is 0 Å². The summed E-state index contributed by atoms with van der Waals surface area (Å²) in [4.78, 5) is 0. The SMILES string of the molecule is CCC(C)[C](Cc1ccccc1)C(CC1CCC1)C1CCCCC1. The fraction of sp³-hybridized carbons (Fsp3) is 0.708. The molecule has 2 aliphatic rings. The van der Waals surface area contributed by atoms with E-state index < -0.39 is 0 Å². The van der Waals surface area contributed by atoms with Gasteiger partial charge >= 0.3 is 0 Å². The Hall–Kier alpha value is -0.780. The van der Waals surface area contributed by atoms with Crippen LogP contribution in [-0.2, 0) is 6.42 Å². The van der Waals surface area contributed by atoms with Crippen LogP contribution in [0.3, 0.4) is 0 Å². The van der Waals surface area contributed by atoms with Crippen molar-refractivity contribution in [3.05, 3.63) is 41.8 Å². The zero-order chi connectivity index (χ0) is 16.8. The van der Waals surface area contributed by atoms with Gasteiger partial charge in [0.2, 0.25) is 0 Å². The first-order chi connectivity index (χ1) is 11.8. The monoisotopic (exact) mass is 325 g/mol. The Morgan fingerprint density at radius 2 is 1.67 bits per heavy atom. The van der Waals surface area contributed by atoms with Crippen molar-refractivity contribution in [1.82, 2.24) is 0 Å². The second-order valence-corrected chi connectivity index (χ2v) is 8.58. The summed E-state index contributed by atoms with van der Waals surface area (Å²) in [5.74, 6) is 5.57. The van der Waals surface area contributed by atoms with Crippen LogP contribution in [0.2, 0.25) is 0 Å². The molecule has 0 bridgehead atoms. The first-order valence-electron chi connectivity index (χ1n) is 10.7. The van der Waals surface area contributed by atoms with Crippen LogP contribution in [0.4, 0.5) is 0 Å². The van der Waals surface area contributed by atoms with Gasteiger partial charge in [-0.3, -0.25) is 0 Å². The van der Waals surface area contributed by atoms with Gasteiger partial charge in [-0.2, -0.15) is 0 Å². The minimum atomic E-state index is 0.775. The molecule has 0 heterocycles. The van der Waals surface area contributed by atoms with Crippen LogP contribution in [0.5, 0.6) is 0 Å². The Balaban J connectivity index is 1.77. The maximum absolute atomic E-state index is 2.49. The molecular weight excluding hydrogens is 288 g/mol. The zero-order valence-corrected chi connectivity index (χ0v) is 16.0. The summed E-state index contributed by atoms with van der Waals surface area (Å²) in [6.45, 7) is 4.88. The fourth-order valence-corrected chi connectivity index (χ4v) is 5.04. The van der Waals surface area contributed by atoms with E-state index in [1.54, 1.807) is 0 Å². The Morgan fingerprint density at radius 1 is 0.958 bits per heavy atom. The average Bonchev–Trinajstić information content (AvgIpc) is 2.60. The van der Waals surface area contributed by atoms with E-state index in [2.05, 4.69) is 44.2 Å². The van der Waals surface area contributed by atoms with E-state index in [1.807, 2.05) is 5.92 Å². The summed E-state index contributed by atoms with van der Waals surface area (Å²) in [6, 6.07) is 11.3. The lowest BCUT2D eigenvalue weighted by Crippen LogP contribution is -2.32. The molecule has 0 aliphatic heterocycles. The molecule has 2 unspecified atom stereocenters. The summed E-state index contributed by atoms with van der Waals surface area (Å²) in [5, 5.41) is 0. The maximum Gasteiger partial charge on any atom is -0.0136 e. The molecule has 0 N–H and O–H groups in total. The quantitative estimate of drug-likeness (QED) is 0.472. The average molecular weight is 326 g/mol. The van der Waals surface area contributed by atoms with Gasteiger partial charge in [-0.05, 0) is 48.0 Å². The highest BCUT2D eigenvalue weighted by molar-refractivity contribution is 5.21. The standard InChI is InChI=1S/C24H37/c1-3-19(2)23(17-20-11-6-4-7-12-20)24(18-21-13-10-14-21)22-15-8-5-9-16-22/h4,6-7,11-12,19,21-22,24H,3,5,8-10,13-18H2,1-2H3. The van der Waals surface area contributed by atoms with Crippen molar-refractivity contribution in [3.63, 3.8) is 0 Å². The van der Waals surface area contributed by atoms with Gasteiger partial charge in [-0.15, -0.1) is 0 Å². The summed E-state index contributed by atoms with van der Waals surface area (Å²) in [6.07, 6.45) is 15.9. The molecule has 0 saturated heterocycles. The third kappa shape index (κ3) is 4.64. The molecule has 0 amide bonds. The topological polar surface area (TPSA) is 0 Å². The van der Waals surface area contributed by atoms with E-state index in [9.17, 15) is 0 Å². The van der Waals surface area contributed by atoms with Crippen LogP contribution in [0.25, 0.3) is 0 Å². The van der Waals surface area contributed by atoms with Crippen molar-refractivity contribution in [2.75, 3.05) is 0 Å². The molecule has 1 radical (unpaired) electrons. The highest BCUT2D eigenvalue weighted by Crippen LogP contribution is 2.46.